The average Bonchev–Trinajstić information content (AvgIpc) is 2.63. The molecule has 0 fully saturated rings. The number of benzene rings is 2. The lowest BCUT2D eigenvalue weighted by atomic mass is 10.1. The lowest BCUT2D eigenvalue weighted by Crippen LogP contribution is -2.23. The van der Waals surface area contributed by atoms with Gasteiger partial charge in [-0.3, -0.25) is 9.36 Å². The van der Waals surface area contributed by atoms with E-state index in [1.165, 1.54) is 19.3 Å². The second-order valence-corrected chi connectivity index (χ2v) is 6.71. The Balaban J connectivity index is 2.05. The quantitative estimate of drug-likeness (QED) is 0.511. The second kappa shape index (κ2) is 8.30. The van der Waals surface area contributed by atoms with E-state index in [2.05, 4.69) is 6.92 Å². The first-order valence-electron chi connectivity index (χ1n) is 8.97. The molecule has 3 aromatic rings. The van der Waals surface area contributed by atoms with Gasteiger partial charge in [-0.05, 0) is 30.7 Å². The molecule has 0 saturated heterocycles. The summed E-state index contributed by atoms with van der Waals surface area (Å²) in [5, 5.41) is 1.27. The van der Waals surface area contributed by atoms with Gasteiger partial charge in [0, 0.05) is 12.1 Å². The molecule has 0 saturated carbocycles. The van der Waals surface area contributed by atoms with Gasteiger partial charge in [-0.1, -0.05) is 68.5 Å². The van der Waals surface area contributed by atoms with Crippen molar-refractivity contribution in [2.24, 2.45) is 0 Å². The first-order valence-corrected chi connectivity index (χ1v) is 9.34. The highest BCUT2D eigenvalue weighted by Crippen LogP contribution is 2.26. The van der Waals surface area contributed by atoms with Crippen LogP contribution in [0.25, 0.3) is 22.3 Å². The zero-order valence-corrected chi connectivity index (χ0v) is 15.3. The Morgan fingerprint density at radius 3 is 2.48 bits per heavy atom. The molecule has 0 unspecified atom stereocenters. The minimum atomic E-state index is 0.0102. The summed E-state index contributed by atoms with van der Waals surface area (Å²) >= 11 is 6.38. The van der Waals surface area contributed by atoms with Gasteiger partial charge in [0.2, 0.25) is 0 Å². The van der Waals surface area contributed by atoms with Gasteiger partial charge in [-0.15, -0.1) is 0 Å². The van der Waals surface area contributed by atoms with Gasteiger partial charge in [0.05, 0.1) is 15.9 Å². The van der Waals surface area contributed by atoms with Crippen molar-refractivity contribution in [3.05, 3.63) is 63.9 Å². The Kier molecular flexibility index (Phi) is 5.87. The first-order chi connectivity index (χ1) is 12.2. The molecule has 130 valence electrons. The number of hydrogen-bond donors (Lipinski definition) is 0. The summed E-state index contributed by atoms with van der Waals surface area (Å²) in [5.74, 6) is 0.657. The highest BCUT2D eigenvalue weighted by Gasteiger charge is 2.14. The van der Waals surface area contributed by atoms with Crippen molar-refractivity contribution in [3.8, 4) is 11.4 Å². The summed E-state index contributed by atoms with van der Waals surface area (Å²) in [5.41, 5.74) is 1.53. The van der Waals surface area contributed by atoms with Crippen LogP contribution in [0.2, 0.25) is 5.02 Å². The normalized spacial score (nSPS) is 11.1. The molecular weight excluding hydrogens is 332 g/mol. The number of rotatable bonds is 7. The van der Waals surface area contributed by atoms with Crippen molar-refractivity contribution in [2.45, 2.75) is 45.6 Å². The smallest absolute Gasteiger partial charge is 0.261 e. The van der Waals surface area contributed by atoms with E-state index in [1.54, 1.807) is 4.57 Å². The topological polar surface area (TPSA) is 34.9 Å². The van der Waals surface area contributed by atoms with Gasteiger partial charge in [-0.2, -0.15) is 0 Å². The molecule has 0 aliphatic rings. The van der Waals surface area contributed by atoms with Crippen LogP contribution in [0.15, 0.2) is 53.3 Å². The van der Waals surface area contributed by atoms with Crippen LogP contribution >= 0.6 is 11.6 Å². The zero-order valence-electron chi connectivity index (χ0n) is 14.5. The van der Waals surface area contributed by atoms with E-state index in [0.717, 1.165) is 18.4 Å². The molecule has 4 heteroatoms. The minimum Gasteiger partial charge on any atom is -0.292 e. The van der Waals surface area contributed by atoms with E-state index < -0.39 is 0 Å². The van der Waals surface area contributed by atoms with Crippen LogP contribution in [0.5, 0.6) is 0 Å². The monoisotopic (exact) mass is 354 g/mol. The van der Waals surface area contributed by atoms with E-state index in [9.17, 15) is 4.79 Å². The van der Waals surface area contributed by atoms with E-state index in [0.29, 0.717) is 28.3 Å². The molecule has 0 aliphatic carbocycles. The highest BCUT2D eigenvalue weighted by molar-refractivity contribution is 6.33. The molecule has 1 aromatic heterocycles. The van der Waals surface area contributed by atoms with Crippen LogP contribution in [-0.2, 0) is 6.54 Å². The summed E-state index contributed by atoms with van der Waals surface area (Å²) in [6.07, 6.45) is 5.74. The number of para-hydroxylation sites is 1. The molecule has 0 bridgehead atoms. The molecule has 1 heterocycles. The maximum absolute atomic E-state index is 13.0. The third-order valence-electron chi connectivity index (χ3n) is 4.46. The van der Waals surface area contributed by atoms with Crippen LogP contribution in [-0.4, -0.2) is 9.55 Å². The van der Waals surface area contributed by atoms with Crippen molar-refractivity contribution in [2.75, 3.05) is 0 Å². The number of unbranched alkanes of at least 4 members (excludes halogenated alkanes) is 4. The standard InChI is InChI=1S/C21H23ClN2O/c1-2-3-4-5-10-15-24-20(16-11-6-8-13-18(16)22)23-19-14-9-7-12-17(19)21(24)25/h6-9,11-14H,2-5,10,15H2,1H3. The van der Waals surface area contributed by atoms with Crippen LogP contribution in [0.1, 0.15) is 39.0 Å². The highest BCUT2D eigenvalue weighted by atomic mass is 35.5. The van der Waals surface area contributed by atoms with Crippen molar-refractivity contribution in [1.82, 2.24) is 9.55 Å². The third kappa shape index (κ3) is 3.93. The Morgan fingerprint density at radius 1 is 0.960 bits per heavy atom. The SMILES string of the molecule is CCCCCCCn1c(-c2ccccc2Cl)nc2ccccc2c1=O. The number of nitrogens with zero attached hydrogens (tertiary/aromatic N) is 2. The van der Waals surface area contributed by atoms with Crippen LogP contribution < -0.4 is 5.56 Å². The summed E-state index contributed by atoms with van der Waals surface area (Å²) < 4.78 is 1.79. The lowest BCUT2D eigenvalue weighted by molar-refractivity contribution is 0.560. The lowest BCUT2D eigenvalue weighted by Gasteiger charge is -2.14. The van der Waals surface area contributed by atoms with Gasteiger partial charge in [0.25, 0.3) is 5.56 Å². The van der Waals surface area contributed by atoms with Crippen molar-refractivity contribution in [1.29, 1.82) is 0 Å². The molecule has 3 nitrogen and oxygen atoms in total. The molecule has 25 heavy (non-hydrogen) atoms. The molecule has 3 rings (SSSR count). The molecular formula is C21H23ClN2O. The summed E-state index contributed by atoms with van der Waals surface area (Å²) in [6, 6.07) is 15.1. The Bertz CT molecular complexity index is 917. The molecule has 0 atom stereocenters. The molecule has 2 aromatic carbocycles. The van der Waals surface area contributed by atoms with Gasteiger partial charge in [-0.25, -0.2) is 4.98 Å². The maximum Gasteiger partial charge on any atom is 0.261 e. The van der Waals surface area contributed by atoms with Crippen LogP contribution in [0.3, 0.4) is 0 Å². The summed E-state index contributed by atoms with van der Waals surface area (Å²) in [4.78, 5) is 17.8. The van der Waals surface area contributed by atoms with Gasteiger partial charge >= 0.3 is 0 Å². The Hall–Kier alpha value is -2.13. The maximum atomic E-state index is 13.0. The zero-order chi connectivity index (χ0) is 17.6. The van der Waals surface area contributed by atoms with E-state index in [4.69, 9.17) is 16.6 Å². The van der Waals surface area contributed by atoms with E-state index in [-0.39, 0.29) is 5.56 Å². The van der Waals surface area contributed by atoms with Crippen molar-refractivity contribution in [3.63, 3.8) is 0 Å². The van der Waals surface area contributed by atoms with E-state index >= 15 is 0 Å². The number of fused-ring (bicyclic) bond motifs is 1. The van der Waals surface area contributed by atoms with Gasteiger partial charge in [0.15, 0.2) is 0 Å². The fourth-order valence-electron chi connectivity index (χ4n) is 3.10. The number of hydrogen-bond acceptors (Lipinski definition) is 2. The fourth-order valence-corrected chi connectivity index (χ4v) is 3.32. The van der Waals surface area contributed by atoms with E-state index in [1.807, 2.05) is 48.5 Å². The number of aromatic nitrogens is 2. The van der Waals surface area contributed by atoms with Gasteiger partial charge < -0.3 is 0 Å². The predicted octanol–water partition coefficient (Wildman–Crippen LogP) is 5.69. The molecule has 0 radical (unpaired) electrons. The molecule has 0 spiro atoms. The van der Waals surface area contributed by atoms with Gasteiger partial charge in [0.1, 0.15) is 5.82 Å². The fraction of sp³-hybridized carbons (Fsp3) is 0.333. The molecule has 0 N–H and O–H groups in total. The van der Waals surface area contributed by atoms with Crippen molar-refractivity contribution >= 4 is 22.5 Å². The van der Waals surface area contributed by atoms with Crippen molar-refractivity contribution < 1.29 is 0 Å². The summed E-state index contributed by atoms with van der Waals surface area (Å²) in [7, 11) is 0. The Labute approximate surface area is 153 Å². The minimum absolute atomic E-state index is 0.0102. The summed E-state index contributed by atoms with van der Waals surface area (Å²) in [6.45, 7) is 2.87. The first kappa shape index (κ1) is 17.7. The largest absolute Gasteiger partial charge is 0.292 e. The molecule has 0 amide bonds. The molecule has 0 aliphatic heterocycles. The van der Waals surface area contributed by atoms with Crippen LogP contribution in [0.4, 0.5) is 0 Å². The Morgan fingerprint density at radius 2 is 1.68 bits per heavy atom. The average molecular weight is 355 g/mol. The number of halogens is 1. The second-order valence-electron chi connectivity index (χ2n) is 6.30. The van der Waals surface area contributed by atoms with Crippen LogP contribution in [0, 0.1) is 0 Å². The predicted molar refractivity (Wildman–Crippen MR) is 105 cm³/mol. The third-order valence-corrected chi connectivity index (χ3v) is 4.79.